The van der Waals surface area contributed by atoms with E-state index in [-0.39, 0.29) is 17.2 Å². The third-order valence-electron chi connectivity index (χ3n) is 3.10. The van der Waals surface area contributed by atoms with E-state index in [1.807, 2.05) is 0 Å². The lowest BCUT2D eigenvalue weighted by atomic mass is 10.1. The number of hydrogen-bond donors (Lipinski definition) is 2. The van der Waals surface area contributed by atoms with Gasteiger partial charge in [0.2, 0.25) is 0 Å². The van der Waals surface area contributed by atoms with Crippen LogP contribution in [0.4, 0.5) is 4.79 Å². The number of amides is 1. The topological polar surface area (TPSA) is 92.9 Å². The number of carboxylic acids is 1. The number of carbonyl (C=O) groups is 2. The Morgan fingerprint density at radius 1 is 1.17 bits per heavy atom. The molecule has 0 saturated heterocycles. The van der Waals surface area contributed by atoms with Crippen molar-refractivity contribution in [1.29, 1.82) is 0 Å². The summed E-state index contributed by atoms with van der Waals surface area (Å²) < 4.78 is 5.31. The van der Waals surface area contributed by atoms with Crippen molar-refractivity contribution < 1.29 is 19.4 Å². The van der Waals surface area contributed by atoms with Crippen LogP contribution in [0.25, 0.3) is 0 Å². The zero-order valence-corrected chi connectivity index (χ0v) is 15.1. The van der Waals surface area contributed by atoms with Crippen molar-refractivity contribution in [3.8, 4) is 5.75 Å². The van der Waals surface area contributed by atoms with Gasteiger partial charge in [0.1, 0.15) is 11.8 Å². The molecule has 134 valence electrons. The lowest BCUT2D eigenvalue weighted by Crippen LogP contribution is -2.40. The van der Waals surface area contributed by atoms with E-state index in [0.29, 0.717) is 18.8 Å². The maximum atomic E-state index is 12.2. The molecule has 24 heavy (non-hydrogen) atoms. The highest BCUT2D eigenvalue weighted by molar-refractivity contribution is 6.21. The van der Waals surface area contributed by atoms with Gasteiger partial charge in [-0.05, 0) is 38.0 Å². The summed E-state index contributed by atoms with van der Waals surface area (Å²) in [6.45, 7) is 4.20. The zero-order valence-electron chi connectivity index (χ0n) is 13.6. The Morgan fingerprint density at radius 3 is 2.08 bits per heavy atom. The van der Waals surface area contributed by atoms with Gasteiger partial charge < -0.3 is 20.5 Å². The van der Waals surface area contributed by atoms with Crippen LogP contribution in [0.1, 0.15) is 19.4 Å². The summed E-state index contributed by atoms with van der Waals surface area (Å²) in [6.07, 6.45) is -0.339. The van der Waals surface area contributed by atoms with Gasteiger partial charge in [0, 0.05) is 23.8 Å². The molecule has 0 aliphatic carbocycles. The highest BCUT2D eigenvalue weighted by Crippen LogP contribution is 2.15. The predicted octanol–water partition coefficient (Wildman–Crippen LogP) is 2.70. The second-order valence-corrected chi connectivity index (χ2v) is 7.12. The maximum absolute atomic E-state index is 12.2. The molecule has 0 spiro atoms. The number of nitrogens with two attached hydrogens (primary N) is 1. The molecular weight excluding hydrogens is 355 g/mol. The quantitative estimate of drug-likeness (QED) is 0.680. The van der Waals surface area contributed by atoms with Gasteiger partial charge in [-0.25, -0.2) is 4.79 Å². The fourth-order valence-electron chi connectivity index (χ4n) is 2.03. The van der Waals surface area contributed by atoms with Gasteiger partial charge in [0.25, 0.3) is 0 Å². The van der Waals surface area contributed by atoms with Crippen molar-refractivity contribution in [3.05, 3.63) is 29.8 Å². The minimum atomic E-state index is -1.06. The summed E-state index contributed by atoms with van der Waals surface area (Å²) in [7, 11) is 0. The molecule has 0 saturated carbocycles. The predicted molar refractivity (Wildman–Crippen MR) is 94.0 cm³/mol. The molecule has 0 aliphatic heterocycles. The summed E-state index contributed by atoms with van der Waals surface area (Å²) in [6, 6.07) is 5.56. The molecule has 1 aromatic carbocycles. The standard InChI is InChI=1S/C16H22Cl2N2O4/c1-10(17)8-20(9-11(2)18)16(23)24-13-5-3-12(4-6-13)7-14(19)15(21)22/h3-6,10-11,14H,7-9,19H2,1-2H3,(H,21,22)/t10?,11?,14-/m0/s1. The molecule has 1 amide bonds. The molecule has 0 radical (unpaired) electrons. The Balaban J connectivity index is 2.69. The van der Waals surface area contributed by atoms with E-state index < -0.39 is 18.1 Å². The number of ether oxygens (including phenoxy) is 1. The Morgan fingerprint density at radius 2 is 1.67 bits per heavy atom. The molecule has 2 unspecified atom stereocenters. The van der Waals surface area contributed by atoms with E-state index in [4.69, 9.17) is 38.8 Å². The van der Waals surface area contributed by atoms with Crippen molar-refractivity contribution in [2.75, 3.05) is 13.1 Å². The molecule has 8 heteroatoms. The molecule has 0 aromatic heterocycles. The number of nitrogens with zero attached hydrogens (tertiary/aromatic N) is 1. The first-order valence-corrected chi connectivity index (χ1v) is 8.38. The minimum Gasteiger partial charge on any atom is -0.480 e. The lowest BCUT2D eigenvalue weighted by molar-refractivity contribution is -0.138. The van der Waals surface area contributed by atoms with Crippen LogP contribution in [0.15, 0.2) is 24.3 Å². The first-order valence-electron chi connectivity index (χ1n) is 7.51. The van der Waals surface area contributed by atoms with Gasteiger partial charge >= 0.3 is 12.1 Å². The first kappa shape index (κ1) is 20.5. The number of hydrogen-bond acceptors (Lipinski definition) is 4. The second kappa shape index (κ2) is 9.71. The van der Waals surface area contributed by atoms with E-state index in [2.05, 4.69) is 0 Å². The van der Waals surface area contributed by atoms with Gasteiger partial charge in [-0.15, -0.1) is 23.2 Å². The highest BCUT2D eigenvalue weighted by atomic mass is 35.5. The molecule has 0 aliphatic rings. The van der Waals surface area contributed by atoms with Gasteiger partial charge in [0.05, 0.1) is 0 Å². The number of carbonyl (C=O) groups excluding carboxylic acids is 1. The SMILES string of the molecule is CC(Cl)CN(CC(C)Cl)C(=O)Oc1ccc(C[C@H](N)C(=O)O)cc1. The number of carboxylic acid groups (broad SMARTS) is 1. The van der Waals surface area contributed by atoms with Crippen LogP contribution in [-0.2, 0) is 11.2 Å². The number of rotatable bonds is 8. The first-order chi connectivity index (χ1) is 11.2. The highest BCUT2D eigenvalue weighted by Gasteiger charge is 2.20. The van der Waals surface area contributed by atoms with Crippen LogP contribution < -0.4 is 10.5 Å². The van der Waals surface area contributed by atoms with Crippen LogP contribution in [0.3, 0.4) is 0 Å². The Labute approximate surface area is 151 Å². The van der Waals surface area contributed by atoms with Gasteiger partial charge in [-0.2, -0.15) is 0 Å². The van der Waals surface area contributed by atoms with Gasteiger partial charge in [0.15, 0.2) is 0 Å². The van der Waals surface area contributed by atoms with Crippen LogP contribution >= 0.6 is 23.2 Å². The van der Waals surface area contributed by atoms with Crippen LogP contribution in [0.2, 0.25) is 0 Å². The molecular formula is C16H22Cl2N2O4. The number of alkyl halides is 2. The third kappa shape index (κ3) is 7.38. The molecule has 6 nitrogen and oxygen atoms in total. The van der Waals surface area contributed by atoms with E-state index in [0.717, 1.165) is 5.56 Å². The third-order valence-corrected chi connectivity index (χ3v) is 3.38. The van der Waals surface area contributed by atoms with E-state index >= 15 is 0 Å². The lowest BCUT2D eigenvalue weighted by Gasteiger charge is -2.24. The van der Waals surface area contributed by atoms with Crippen molar-refractivity contribution in [1.82, 2.24) is 4.90 Å². The number of aliphatic carboxylic acids is 1. The van der Waals surface area contributed by atoms with Crippen molar-refractivity contribution in [2.45, 2.75) is 37.1 Å². The summed E-state index contributed by atoms with van der Waals surface area (Å²) >= 11 is 11.9. The maximum Gasteiger partial charge on any atom is 0.415 e. The number of halogens is 2. The normalized spacial score (nSPS) is 14.5. The molecule has 3 N–H and O–H groups in total. The Bertz CT molecular complexity index is 540. The van der Waals surface area contributed by atoms with E-state index in [9.17, 15) is 9.59 Å². The monoisotopic (exact) mass is 376 g/mol. The van der Waals surface area contributed by atoms with E-state index in [1.54, 1.807) is 38.1 Å². The fourth-order valence-corrected chi connectivity index (χ4v) is 2.36. The summed E-state index contributed by atoms with van der Waals surface area (Å²) in [5.74, 6) is -0.714. The molecule has 1 aromatic rings. The second-order valence-electron chi connectivity index (χ2n) is 5.63. The van der Waals surface area contributed by atoms with Gasteiger partial charge in [-0.1, -0.05) is 12.1 Å². The number of benzene rings is 1. The van der Waals surface area contributed by atoms with Crippen LogP contribution in [0.5, 0.6) is 5.75 Å². The molecule has 0 bridgehead atoms. The molecule has 3 atom stereocenters. The fraction of sp³-hybridized carbons (Fsp3) is 0.500. The zero-order chi connectivity index (χ0) is 18.3. The van der Waals surface area contributed by atoms with Crippen LogP contribution in [0, 0.1) is 0 Å². The van der Waals surface area contributed by atoms with Crippen molar-refractivity contribution in [3.63, 3.8) is 0 Å². The smallest absolute Gasteiger partial charge is 0.415 e. The molecule has 1 rings (SSSR count). The Kier molecular flexibility index (Phi) is 8.31. The average Bonchev–Trinajstić information content (AvgIpc) is 2.47. The average molecular weight is 377 g/mol. The van der Waals surface area contributed by atoms with E-state index in [1.165, 1.54) is 4.90 Å². The summed E-state index contributed by atoms with van der Waals surface area (Å²) in [4.78, 5) is 24.4. The minimum absolute atomic E-state index is 0.198. The van der Waals surface area contributed by atoms with Gasteiger partial charge in [-0.3, -0.25) is 4.79 Å². The summed E-state index contributed by atoms with van der Waals surface area (Å²) in [5, 5.41) is 8.34. The molecule has 0 fully saturated rings. The van der Waals surface area contributed by atoms with Crippen molar-refractivity contribution in [2.24, 2.45) is 5.73 Å². The Hall–Kier alpha value is -1.50. The van der Waals surface area contributed by atoms with Crippen molar-refractivity contribution >= 4 is 35.3 Å². The molecule has 0 heterocycles. The van der Waals surface area contributed by atoms with Crippen LogP contribution in [-0.4, -0.2) is 52.0 Å². The summed E-state index contributed by atoms with van der Waals surface area (Å²) in [5.41, 5.74) is 6.22. The largest absolute Gasteiger partial charge is 0.480 e.